The summed E-state index contributed by atoms with van der Waals surface area (Å²) < 4.78 is 5.18. The number of urea groups is 1. The first-order valence-corrected chi connectivity index (χ1v) is 10.6. The lowest BCUT2D eigenvalue weighted by molar-refractivity contribution is -0.155. The van der Waals surface area contributed by atoms with Crippen LogP contribution in [0.2, 0.25) is 0 Å². The van der Waals surface area contributed by atoms with E-state index in [1.807, 2.05) is 19.1 Å². The SMILES string of the molecule is Cc1ccc(NC(=O)[C@H](C)OC(=O)CN2C(=O)N[C@]3(C[C@H](C)CC(C)(C)C3)C2=O)cc1. The predicted octanol–water partition coefficient (Wildman–Crippen LogP) is 3.00. The summed E-state index contributed by atoms with van der Waals surface area (Å²) in [5.41, 5.74) is 0.565. The van der Waals surface area contributed by atoms with Crippen LogP contribution in [-0.4, -0.2) is 46.9 Å². The Morgan fingerprint density at radius 2 is 1.87 bits per heavy atom. The number of esters is 1. The quantitative estimate of drug-likeness (QED) is 0.553. The molecule has 3 rings (SSSR count). The van der Waals surface area contributed by atoms with Crippen molar-refractivity contribution in [2.24, 2.45) is 11.3 Å². The maximum Gasteiger partial charge on any atom is 0.327 e. The molecule has 0 bridgehead atoms. The summed E-state index contributed by atoms with van der Waals surface area (Å²) in [7, 11) is 0. The molecule has 2 aliphatic rings. The maximum absolute atomic E-state index is 13.1. The molecule has 8 heteroatoms. The van der Waals surface area contributed by atoms with Crippen LogP contribution in [0.4, 0.5) is 10.5 Å². The Hall–Kier alpha value is -2.90. The first-order valence-electron chi connectivity index (χ1n) is 10.6. The van der Waals surface area contributed by atoms with Gasteiger partial charge < -0.3 is 15.4 Å². The summed E-state index contributed by atoms with van der Waals surface area (Å²) in [5, 5.41) is 5.49. The molecule has 3 atom stereocenters. The van der Waals surface area contributed by atoms with E-state index in [2.05, 4.69) is 31.4 Å². The van der Waals surface area contributed by atoms with E-state index in [0.29, 0.717) is 18.5 Å². The van der Waals surface area contributed by atoms with Gasteiger partial charge in [-0.25, -0.2) is 4.79 Å². The fourth-order valence-electron chi connectivity index (χ4n) is 4.95. The van der Waals surface area contributed by atoms with Crippen LogP contribution in [0.25, 0.3) is 0 Å². The molecule has 1 spiro atoms. The van der Waals surface area contributed by atoms with Crippen LogP contribution >= 0.6 is 0 Å². The smallest absolute Gasteiger partial charge is 0.327 e. The molecule has 1 saturated heterocycles. The minimum absolute atomic E-state index is 0.0975. The average molecular weight is 430 g/mol. The van der Waals surface area contributed by atoms with Gasteiger partial charge in [0.2, 0.25) is 0 Å². The molecule has 1 saturated carbocycles. The summed E-state index contributed by atoms with van der Waals surface area (Å²) in [6.07, 6.45) is 0.961. The van der Waals surface area contributed by atoms with Crippen molar-refractivity contribution >= 4 is 29.5 Å². The molecule has 1 aromatic rings. The highest BCUT2D eigenvalue weighted by molar-refractivity contribution is 6.09. The molecule has 31 heavy (non-hydrogen) atoms. The van der Waals surface area contributed by atoms with E-state index in [9.17, 15) is 19.2 Å². The average Bonchev–Trinajstić information content (AvgIpc) is 2.85. The van der Waals surface area contributed by atoms with Gasteiger partial charge in [0.15, 0.2) is 6.10 Å². The van der Waals surface area contributed by atoms with E-state index in [1.54, 1.807) is 12.1 Å². The van der Waals surface area contributed by atoms with E-state index in [4.69, 9.17) is 4.74 Å². The van der Waals surface area contributed by atoms with Gasteiger partial charge in [-0.3, -0.25) is 19.3 Å². The summed E-state index contributed by atoms with van der Waals surface area (Å²) in [5.74, 6) is -1.43. The van der Waals surface area contributed by atoms with Crippen LogP contribution in [0.3, 0.4) is 0 Å². The molecule has 2 fully saturated rings. The minimum atomic E-state index is -1.07. The van der Waals surface area contributed by atoms with Crippen molar-refractivity contribution in [2.45, 2.75) is 65.5 Å². The Morgan fingerprint density at radius 1 is 1.23 bits per heavy atom. The molecule has 0 radical (unpaired) electrons. The zero-order valence-electron chi connectivity index (χ0n) is 18.8. The van der Waals surface area contributed by atoms with Gasteiger partial charge in [0.05, 0.1) is 0 Å². The summed E-state index contributed by atoms with van der Waals surface area (Å²) in [6, 6.07) is 6.62. The molecule has 0 unspecified atom stereocenters. The van der Waals surface area contributed by atoms with Crippen molar-refractivity contribution in [1.82, 2.24) is 10.2 Å². The fourth-order valence-corrected chi connectivity index (χ4v) is 4.95. The number of benzene rings is 1. The number of imide groups is 1. The van der Waals surface area contributed by atoms with Gasteiger partial charge in [-0.1, -0.05) is 38.5 Å². The Labute approximate surface area is 182 Å². The van der Waals surface area contributed by atoms with Crippen LogP contribution in [0.15, 0.2) is 24.3 Å². The minimum Gasteiger partial charge on any atom is -0.451 e. The molecule has 1 heterocycles. The number of hydrogen-bond acceptors (Lipinski definition) is 5. The van der Waals surface area contributed by atoms with Crippen LogP contribution < -0.4 is 10.6 Å². The number of carbonyl (C=O) groups is 4. The second-order valence-corrected chi connectivity index (χ2v) is 9.75. The normalized spacial score (nSPS) is 25.8. The van der Waals surface area contributed by atoms with Gasteiger partial charge in [-0.15, -0.1) is 0 Å². The number of nitrogens with zero attached hydrogens (tertiary/aromatic N) is 1. The molecule has 8 nitrogen and oxygen atoms in total. The maximum atomic E-state index is 13.1. The van der Waals surface area contributed by atoms with E-state index < -0.39 is 42.0 Å². The summed E-state index contributed by atoms with van der Waals surface area (Å²) >= 11 is 0. The van der Waals surface area contributed by atoms with Gasteiger partial charge in [-0.05, 0) is 56.6 Å². The highest BCUT2D eigenvalue weighted by Crippen LogP contribution is 2.46. The molecule has 168 valence electrons. The number of rotatable bonds is 5. The van der Waals surface area contributed by atoms with Gasteiger partial charge >= 0.3 is 12.0 Å². The third-order valence-electron chi connectivity index (χ3n) is 5.91. The third kappa shape index (κ3) is 5.06. The molecule has 1 aromatic carbocycles. The Balaban J connectivity index is 1.59. The van der Waals surface area contributed by atoms with Crippen LogP contribution in [0.1, 0.15) is 52.5 Å². The Bertz CT molecular complexity index is 895. The Kier molecular flexibility index (Phi) is 6.11. The van der Waals surface area contributed by atoms with Crippen LogP contribution in [0, 0.1) is 18.3 Å². The lowest BCUT2D eigenvalue weighted by atomic mass is 9.64. The highest BCUT2D eigenvalue weighted by atomic mass is 16.5. The fraction of sp³-hybridized carbons (Fsp3) is 0.565. The van der Waals surface area contributed by atoms with Crippen LogP contribution in [0.5, 0.6) is 0 Å². The van der Waals surface area contributed by atoms with Gasteiger partial charge in [0, 0.05) is 5.69 Å². The van der Waals surface area contributed by atoms with Crippen molar-refractivity contribution in [3.63, 3.8) is 0 Å². The molecular formula is C23H31N3O5. The number of amides is 4. The molecule has 1 aliphatic heterocycles. The number of anilines is 1. The second-order valence-electron chi connectivity index (χ2n) is 9.75. The van der Waals surface area contributed by atoms with Gasteiger partial charge in [0.1, 0.15) is 12.1 Å². The number of carbonyl (C=O) groups excluding carboxylic acids is 4. The standard InChI is InChI=1S/C23H31N3O5/c1-14-6-8-17(9-7-14)24-19(28)16(3)31-18(27)12-26-20(29)23(25-21(26)30)11-15(2)10-22(4,5)13-23/h6-9,15-16H,10-13H2,1-5H3,(H,24,28)(H,25,30)/t15-,16+,23+/m1/s1. The third-order valence-corrected chi connectivity index (χ3v) is 5.91. The molecule has 1 aliphatic carbocycles. The first kappa shape index (κ1) is 22.8. The van der Waals surface area contributed by atoms with Crippen molar-refractivity contribution < 1.29 is 23.9 Å². The number of aryl methyl sites for hydroxylation is 1. The number of hydrogen-bond donors (Lipinski definition) is 2. The van der Waals surface area contributed by atoms with E-state index >= 15 is 0 Å². The number of nitrogens with one attached hydrogen (secondary N) is 2. The van der Waals surface area contributed by atoms with E-state index in [-0.39, 0.29) is 11.3 Å². The largest absolute Gasteiger partial charge is 0.451 e. The second kappa shape index (κ2) is 8.32. The predicted molar refractivity (Wildman–Crippen MR) is 115 cm³/mol. The summed E-state index contributed by atoms with van der Waals surface area (Å²) in [6.45, 7) is 9.08. The van der Waals surface area contributed by atoms with Crippen molar-refractivity contribution in [3.05, 3.63) is 29.8 Å². The monoisotopic (exact) mass is 429 g/mol. The van der Waals surface area contributed by atoms with Crippen molar-refractivity contribution in [2.75, 3.05) is 11.9 Å². The first-order chi connectivity index (χ1) is 14.4. The van der Waals surface area contributed by atoms with Gasteiger partial charge in [0.25, 0.3) is 11.8 Å². The lowest BCUT2D eigenvalue weighted by Gasteiger charge is -2.43. The zero-order chi connectivity index (χ0) is 23.0. The van der Waals surface area contributed by atoms with E-state index in [1.165, 1.54) is 6.92 Å². The van der Waals surface area contributed by atoms with Crippen molar-refractivity contribution in [3.8, 4) is 0 Å². The molecule has 4 amide bonds. The zero-order valence-corrected chi connectivity index (χ0v) is 18.8. The number of ether oxygens (including phenoxy) is 1. The Morgan fingerprint density at radius 3 is 2.48 bits per heavy atom. The highest BCUT2D eigenvalue weighted by Gasteiger charge is 2.56. The van der Waals surface area contributed by atoms with Crippen molar-refractivity contribution in [1.29, 1.82) is 0 Å². The van der Waals surface area contributed by atoms with E-state index in [0.717, 1.165) is 16.9 Å². The topological polar surface area (TPSA) is 105 Å². The van der Waals surface area contributed by atoms with Crippen LogP contribution in [-0.2, 0) is 19.1 Å². The molecule has 2 N–H and O–H groups in total. The summed E-state index contributed by atoms with van der Waals surface area (Å²) in [4.78, 5) is 51.2. The van der Waals surface area contributed by atoms with Gasteiger partial charge in [-0.2, -0.15) is 0 Å². The molecule has 0 aromatic heterocycles. The molecular weight excluding hydrogens is 398 g/mol. The lowest BCUT2D eigenvalue weighted by Crippen LogP contribution is -2.54.